The second-order valence-electron chi connectivity index (χ2n) is 4.13. The number of aliphatic hydroxyl groups is 2. The van der Waals surface area contributed by atoms with Gasteiger partial charge in [0.1, 0.15) is 11.5 Å². The average molecular weight is 238 g/mol. The highest BCUT2D eigenvalue weighted by molar-refractivity contribution is 6.01. The molecule has 0 bridgehead atoms. The van der Waals surface area contributed by atoms with E-state index in [1.165, 1.54) is 19.2 Å². The molecule has 5 heteroatoms. The molecule has 0 aromatic heterocycles. The van der Waals surface area contributed by atoms with Crippen molar-refractivity contribution in [3.63, 3.8) is 0 Å². The molecule has 0 fully saturated rings. The van der Waals surface area contributed by atoms with E-state index in [1.54, 1.807) is 0 Å². The molecule has 1 aliphatic rings. The van der Waals surface area contributed by atoms with Gasteiger partial charge >= 0.3 is 0 Å². The fourth-order valence-corrected chi connectivity index (χ4v) is 2.15. The van der Waals surface area contributed by atoms with Gasteiger partial charge in [-0.2, -0.15) is 0 Å². The number of Topliss-reactive ketones (excluding diaryl/α,β-unsaturated/α-hetero) is 1. The monoisotopic (exact) mass is 238 g/mol. The number of carbonyl (C=O) groups is 1. The van der Waals surface area contributed by atoms with Crippen molar-refractivity contribution in [2.45, 2.75) is 12.5 Å². The standard InChI is InChI=1S/C12H14O5/c1-17-7-3-8-11(10(15)4-7)9(14)2-6(5-13)12(8)16/h3-4,6,12-13,15-16H,2,5H2,1H3/t6-,12-/m1/s1. The first-order valence-corrected chi connectivity index (χ1v) is 5.31. The maximum absolute atomic E-state index is 11.8. The maximum atomic E-state index is 11.8. The predicted molar refractivity (Wildman–Crippen MR) is 59.1 cm³/mol. The average Bonchev–Trinajstić information content (AvgIpc) is 2.32. The maximum Gasteiger partial charge on any atom is 0.167 e. The molecule has 0 saturated heterocycles. The Labute approximate surface area is 98.3 Å². The third-order valence-electron chi connectivity index (χ3n) is 3.08. The SMILES string of the molecule is COc1cc(O)c2c(c1)[C@H](O)[C@@H](CO)CC2=O. The third kappa shape index (κ3) is 1.87. The van der Waals surface area contributed by atoms with Crippen LogP contribution in [0.2, 0.25) is 0 Å². The number of carbonyl (C=O) groups excluding carboxylic acids is 1. The van der Waals surface area contributed by atoms with Crippen molar-refractivity contribution in [1.82, 2.24) is 0 Å². The number of phenolic OH excluding ortho intramolecular Hbond substituents is 1. The molecule has 0 unspecified atom stereocenters. The minimum absolute atomic E-state index is 0.0323. The molecule has 1 aromatic carbocycles. The van der Waals surface area contributed by atoms with Crippen LogP contribution in [0.25, 0.3) is 0 Å². The number of aliphatic hydroxyl groups excluding tert-OH is 2. The number of aromatic hydroxyl groups is 1. The zero-order chi connectivity index (χ0) is 12.6. The van der Waals surface area contributed by atoms with Crippen molar-refractivity contribution in [3.05, 3.63) is 23.3 Å². The fraction of sp³-hybridized carbons (Fsp3) is 0.417. The number of rotatable bonds is 2. The van der Waals surface area contributed by atoms with Gasteiger partial charge in [0.25, 0.3) is 0 Å². The van der Waals surface area contributed by atoms with Crippen LogP contribution in [-0.4, -0.2) is 34.8 Å². The number of hydrogen-bond donors (Lipinski definition) is 3. The Hall–Kier alpha value is -1.59. The molecule has 0 spiro atoms. The summed E-state index contributed by atoms with van der Waals surface area (Å²) in [6.45, 7) is -0.273. The molecule has 0 saturated carbocycles. The molecule has 2 rings (SSSR count). The lowest BCUT2D eigenvalue weighted by molar-refractivity contribution is 0.0471. The lowest BCUT2D eigenvalue weighted by Crippen LogP contribution is -2.27. The van der Waals surface area contributed by atoms with E-state index < -0.39 is 12.0 Å². The summed E-state index contributed by atoms with van der Waals surface area (Å²) in [5.74, 6) is -0.627. The molecule has 5 nitrogen and oxygen atoms in total. The van der Waals surface area contributed by atoms with Gasteiger partial charge in [0, 0.05) is 25.0 Å². The van der Waals surface area contributed by atoms with Gasteiger partial charge < -0.3 is 20.1 Å². The van der Waals surface area contributed by atoms with E-state index in [-0.39, 0.29) is 30.1 Å². The summed E-state index contributed by atoms with van der Waals surface area (Å²) in [7, 11) is 1.43. The van der Waals surface area contributed by atoms with Gasteiger partial charge in [-0.1, -0.05) is 0 Å². The molecule has 3 N–H and O–H groups in total. The number of fused-ring (bicyclic) bond motifs is 1. The van der Waals surface area contributed by atoms with Crippen molar-refractivity contribution >= 4 is 5.78 Å². The van der Waals surface area contributed by atoms with Crippen LogP contribution in [0.3, 0.4) is 0 Å². The van der Waals surface area contributed by atoms with Crippen LogP contribution in [-0.2, 0) is 0 Å². The van der Waals surface area contributed by atoms with Gasteiger partial charge in [-0.15, -0.1) is 0 Å². The second kappa shape index (κ2) is 4.35. The van der Waals surface area contributed by atoms with Gasteiger partial charge in [0.2, 0.25) is 0 Å². The molecule has 0 heterocycles. The lowest BCUT2D eigenvalue weighted by Gasteiger charge is -2.28. The van der Waals surface area contributed by atoms with Gasteiger partial charge in [0.05, 0.1) is 18.8 Å². The first-order chi connectivity index (χ1) is 8.08. The molecule has 1 aliphatic carbocycles. The Kier molecular flexibility index (Phi) is 3.04. The Morgan fingerprint density at radius 3 is 2.76 bits per heavy atom. The van der Waals surface area contributed by atoms with Crippen molar-refractivity contribution in [2.75, 3.05) is 13.7 Å². The normalized spacial score (nSPS) is 23.4. The summed E-state index contributed by atoms with van der Waals surface area (Å²) < 4.78 is 4.97. The quantitative estimate of drug-likeness (QED) is 0.703. The molecule has 92 valence electrons. The van der Waals surface area contributed by atoms with Gasteiger partial charge in [-0.25, -0.2) is 0 Å². The third-order valence-corrected chi connectivity index (χ3v) is 3.08. The molecular weight excluding hydrogens is 224 g/mol. The van der Waals surface area contributed by atoms with Crippen LogP contribution < -0.4 is 4.74 Å². The highest BCUT2D eigenvalue weighted by Gasteiger charge is 2.34. The lowest BCUT2D eigenvalue weighted by atomic mass is 9.80. The summed E-state index contributed by atoms with van der Waals surface area (Å²) in [4.78, 5) is 11.8. The van der Waals surface area contributed by atoms with Gasteiger partial charge in [-0.3, -0.25) is 4.79 Å². The fourth-order valence-electron chi connectivity index (χ4n) is 2.15. The van der Waals surface area contributed by atoms with E-state index in [9.17, 15) is 15.0 Å². The molecular formula is C12H14O5. The zero-order valence-electron chi connectivity index (χ0n) is 9.38. The number of phenols is 1. The van der Waals surface area contributed by atoms with E-state index in [4.69, 9.17) is 9.84 Å². The van der Waals surface area contributed by atoms with Gasteiger partial charge in [-0.05, 0) is 11.6 Å². The van der Waals surface area contributed by atoms with E-state index >= 15 is 0 Å². The number of methoxy groups -OCH3 is 1. The first kappa shape index (κ1) is 11.9. The molecule has 1 aromatic rings. The van der Waals surface area contributed by atoms with Crippen LogP contribution in [0.5, 0.6) is 11.5 Å². The topological polar surface area (TPSA) is 87.0 Å². The second-order valence-corrected chi connectivity index (χ2v) is 4.13. The van der Waals surface area contributed by atoms with Crippen LogP contribution in [0, 0.1) is 5.92 Å². The van der Waals surface area contributed by atoms with Crippen LogP contribution >= 0.6 is 0 Å². The molecule has 17 heavy (non-hydrogen) atoms. The van der Waals surface area contributed by atoms with Crippen LogP contribution in [0.1, 0.15) is 28.4 Å². The Balaban J connectivity index is 2.57. The smallest absolute Gasteiger partial charge is 0.167 e. The Bertz CT molecular complexity index is 454. The van der Waals surface area contributed by atoms with Crippen LogP contribution in [0.15, 0.2) is 12.1 Å². The van der Waals surface area contributed by atoms with Crippen molar-refractivity contribution in [3.8, 4) is 11.5 Å². The van der Waals surface area contributed by atoms with E-state index in [2.05, 4.69) is 0 Å². The number of hydrogen-bond acceptors (Lipinski definition) is 5. The molecule has 0 radical (unpaired) electrons. The first-order valence-electron chi connectivity index (χ1n) is 5.31. The summed E-state index contributed by atoms with van der Waals surface area (Å²) in [5.41, 5.74) is 0.445. The highest BCUT2D eigenvalue weighted by Crippen LogP contribution is 2.40. The summed E-state index contributed by atoms with van der Waals surface area (Å²) >= 11 is 0. The van der Waals surface area contributed by atoms with E-state index in [0.717, 1.165) is 0 Å². The van der Waals surface area contributed by atoms with E-state index in [0.29, 0.717) is 11.3 Å². The van der Waals surface area contributed by atoms with Crippen molar-refractivity contribution < 1.29 is 24.9 Å². The Morgan fingerprint density at radius 2 is 2.18 bits per heavy atom. The summed E-state index contributed by atoms with van der Waals surface area (Å²) in [6, 6.07) is 2.85. The number of ether oxygens (including phenoxy) is 1. The number of benzene rings is 1. The minimum atomic E-state index is -0.964. The van der Waals surface area contributed by atoms with Crippen molar-refractivity contribution in [1.29, 1.82) is 0 Å². The Morgan fingerprint density at radius 1 is 1.47 bits per heavy atom. The van der Waals surface area contributed by atoms with Crippen LogP contribution in [0.4, 0.5) is 0 Å². The predicted octanol–water partition coefficient (Wildman–Crippen LogP) is 0.629. The molecule has 0 amide bonds. The minimum Gasteiger partial charge on any atom is -0.507 e. The van der Waals surface area contributed by atoms with Crippen molar-refractivity contribution in [2.24, 2.45) is 5.92 Å². The summed E-state index contributed by atoms with van der Waals surface area (Å²) in [6.07, 6.45) is -0.932. The van der Waals surface area contributed by atoms with Gasteiger partial charge in [0.15, 0.2) is 5.78 Å². The molecule has 0 aliphatic heterocycles. The van der Waals surface area contributed by atoms with E-state index in [1.807, 2.05) is 0 Å². The summed E-state index contributed by atoms with van der Waals surface area (Å²) in [5, 5.41) is 28.8. The number of ketones is 1. The zero-order valence-corrected chi connectivity index (χ0v) is 9.38. The highest BCUT2D eigenvalue weighted by atomic mass is 16.5. The molecule has 2 atom stereocenters. The largest absolute Gasteiger partial charge is 0.507 e.